The van der Waals surface area contributed by atoms with Crippen molar-refractivity contribution in [2.45, 2.75) is 28.9 Å². The lowest BCUT2D eigenvalue weighted by atomic mass is 9.84. The van der Waals surface area contributed by atoms with Gasteiger partial charge in [-0.1, -0.05) is 104 Å². The molecule has 1 heterocycles. The molecule has 0 radical (unpaired) electrons. The van der Waals surface area contributed by atoms with Crippen LogP contribution in [0.4, 0.5) is 4.79 Å². The number of ether oxygens (including phenoxy) is 1. The van der Waals surface area contributed by atoms with Gasteiger partial charge in [-0.05, 0) is 23.1 Å². The Hall–Kier alpha value is -3.49. The monoisotopic (exact) mass is 468 g/mol. The van der Waals surface area contributed by atoms with E-state index in [0.29, 0.717) is 6.54 Å². The van der Waals surface area contributed by atoms with Gasteiger partial charge in [0.25, 0.3) is 0 Å². The number of carbonyl (C=O) groups is 1. The maximum atomic E-state index is 12.7. The average molecular weight is 469 g/mol. The number of likely N-dealkylation sites (tertiary alicyclic amines) is 1. The van der Waals surface area contributed by atoms with Crippen LogP contribution >= 0.6 is 11.8 Å². The summed E-state index contributed by atoms with van der Waals surface area (Å²) in [7, 11) is 0. The molecular weight excluding hydrogens is 440 g/mol. The molecule has 34 heavy (non-hydrogen) atoms. The van der Waals surface area contributed by atoms with Crippen molar-refractivity contribution in [2.75, 3.05) is 13.2 Å². The normalized spacial score (nSPS) is 17.7. The van der Waals surface area contributed by atoms with Crippen molar-refractivity contribution < 1.29 is 9.53 Å². The molecule has 4 nitrogen and oxygen atoms in total. The topological polar surface area (TPSA) is 53.3 Å². The lowest BCUT2D eigenvalue weighted by molar-refractivity contribution is 0.108. The molecule has 0 aromatic heterocycles. The Labute approximate surface area is 205 Å². The lowest BCUT2D eigenvalue weighted by Gasteiger charge is -2.37. The second-order valence-corrected chi connectivity index (χ2v) is 9.80. The molecule has 1 amide bonds. The molecule has 0 aliphatic carbocycles. The SMILES string of the molecule is C=CCOC(=O)N1C[C@@H](SC(c2ccccc2)(c2ccccc2)c2ccccc2)C[C@H]1CC#N. The molecule has 0 bridgehead atoms. The van der Waals surface area contributed by atoms with Crippen LogP contribution in [-0.2, 0) is 9.48 Å². The van der Waals surface area contributed by atoms with E-state index in [-0.39, 0.29) is 30.4 Å². The van der Waals surface area contributed by atoms with Gasteiger partial charge in [0, 0.05) is 17.8 Å². The van der Waals surface area contributed by atoms with Crippen LogP contribution in [0.3, 0.4) is 0 Å². The summed E-state index contributed by atoms with van der Waals surface area (Å²) in [6.07, 6.45) is 2.20. The van der Waals surface area contributed by atoms with Gasteiger partial charge in [-0.2, -0.15) is 5.26 Å². The number of thioether (sulfide) groups is 1. The van der Waals surface area contributed by atoms with E-state index in [2.05, 4.69) is 85.4 Å². The highest BCUT2D eigenvalue weighted by Crippen LogP contribution is 2.52. The number of amides is 1. The maximum absolute atomic E-state index is 12.7. The molecule has 172 valence electrons. The van der Waals surface area contributed by atoms with Crippen LogP contribution in [0.15, 0.2) is 104 Å². The minimum Gasteiger partial charge on any atom is -0.445 e. The first kappa shape index (κ1) is 23.7. The van der Waals surface area contributed by atoms with Crippen LogP contribution in [0.5, 0.6) is 0 Å². The zero-order valence-corrected chi connectivity index (χ0v) is 19.9. The van der Waals surface area contributed by atoms with Crippen LogP contribution in [0.2, 0.25) is 0 Å². The number of hydrogen-bond acceptors (Lipinski definition) is 4. The predicted molar refractivity (Wildman–Crippen MR) is 137 cm³/mol. The van der Waals surface area contributed by atoms with Crippen molar-refractivity contribution in [1.29, 1.82) is 5.26 Å². The van der Waals surface area contributed by atoms with Crippen molar-refractivity contribution >= 4 is 17.9 Å². The van der Waals surface area contributed by atoms with E-state index in [1.54, 1.807) is 11.0 Å². The first-order chi connectivity index (χ1) is 16.7. The number of hydrogen-bond donors (Lipinski definition) is 0. The third kappa shape index (κ3) is 4.88. The van der Waals surface area contributed by atoms with Gasteiger partial charge in [0.05, 0.1) is 17.2 Å². The fourth-order valence-corrected chi connectivity index (χ4v) is 6.54. The molecular formula is C29H28N2O2S. The Morgan fingerprint density at radius 1 is 1.00 bits per heavy atom. The molecule has 1 aliphatic rings. The fourth-order valence-electron chi connectivity index (χ4n) is 4.67. The molecule has 0 saturated carbocycles. The smallest absolute Gasteiger partial charge is 0.410 e. The van der Waals surface area contributed by atoms with E-state index in [1.807, 2.05) is 30.0 Å². The summed E-state index contributed by atoms with van der Waals surface area (Å²) in [5, 5.41) is 9.52. The van der Waals surface area contributed by atoms with Gasteiger partial charge in [0.2, 0.25) is 0 Å². The third-order valence-corrected chi connectivity index (χ3v) is 7.88. The molecule has 2 atom stereocenters. The highest BCUT2D eigenvalue weighted by Gasteiger charge is 2.44. The summed E-state index contributed by atoms with van der Waals surface area (Å²) in [4.78, 5) is 14.5. The zero-order chi connectivity index (χ0) is 23.8. The molecule has 0 spiro atoms. The van der Waals surface area contributed by atoms with Crippen molar-refractivity contribution in [3.8, 4) is 6.07 Å². The molecule has 3 aromatic rings. The summed E-state index contributed by atoms with van der Waals surface area (Å²) >= 11 is 1.85. The van der Waals surface area contributed by atoms with Crippen LogP contribution in [0.25, 0.3) is 0 Å². The van der Waals surface area contributed by atoms with Crippen molar-refractivity contribution in [3.05, 3.63) is 120 Å². The summed E-state index contributed by atoms with van der Waals surface area (Å²) < 4.78 is 4.87. The van der Waals surface area contributed by atoms with Crippen LogP contribution in [0, 0.1) is 11.3 Å². The Balaban J connectivity index is 1.77. The Kier molecular flexibility index (Phi) is 7.72. The van der Waals surface area contributed by atoms with Gasteiger partial charge < -0.3 is 9.64 Å². The Bertz CT molecular complexity index is 1030. The first-order valence-corrected chi connectivity index (χ1v) is 12.3. The van der Waals surface area contributed by atoms with E-state index < -0.39 is 4.75 Å². The van der Waals surface area contributed by atoms with Gasteiger partial charge in [-0.15, -0.1) is 11.8 Å². The molecule has 5 heteroatoms. The first-order valence-electron chi connectivity index (χ1n) is 11.4. The molecule has 1 fully saturated rings. The Morgan fingerprint density at radius 2 is 1.50 bits per heavy atom. The molecule has 1 saturated heterocycles. The summed E-state index contributed by atoms with van der Waals surface area (Å²) in [6.45, 7) is 4.32. The number of nitriles is 1. The van der Waals surface area contributed by atoms with Gasteiger partial charge >= 0.3 is 6.09 Å². The van der Waals surface area contributed by atoms with E-state index in [1.165, 1.54) is 16.7 Å². The summed E-state index contributed by atoms with van der Waals surface area (Å²) in [5.41, 5.74) is 3.55. The summed E-state index contributed by atoms with van der Waals surface area (Å²) in [5.74, 6) is 0. The van der Waals surface area contributed by atoms with Gasteiger partial charge in [-0.25, -0.2) is 4.79 Å². The minimum absolute atomic E-state index is 0.121. The van der Waals surface area contributed by atoms with Crippen LogP contribution < -0.4 is 0 Å². The molecule has 0 N–H and O–H groups in total. The predicted octanol–water partition coefficient (Wildman–Crippen LogP) is 6.39. The highest BCUT2D eigenvalue weighted by atomic mass is 32.2. The van der Waals surface area contributed by atoms with E-state index in [4.69, 9.17) is 4.74 Å². The van der Waals surface area contributed by atoms with Crippen molar-refractivity contribution in [1.82, 2.24) is 4.90 Å². The van der Waals surface area contributed by atoms with Crippen LogP contribution in [-0.4, -0.2) is 35.4 Å². The minimum atomic E-state index is -0.466. The number of rotatable bonds is 8. The van der Waals surface area contributed by atoms with Crippen molar-refractivity contribution in [3.63, 3.8) is 0 Å². The second kappa shape index (κ2) is 11.1. The summed E-state index contributed by atoms with van der Waals surface area (Å²) in [6, 6.07) is 33.6. The van der Waals surface area contributed by atoms with Crippen LogP contribution in [0.1, 0.15) is 29.5 Å². The van der Waals surface area contributed by atoms with Gasteiger partial charge in [0.15, 0.2) is 0 Å². The van der Waals surface area contributed by atoms with Gasteiger partial charge in [-0.3, -0.25) is 0 Å². The maximum Gasteiger partial charge on any atom is 0.410 e. The Morgan fingerprint density at radius 3 is 1.94 bits per heavy atom. The lowest BCUT2D eigenvalue weighted by Crippen LogP contribution is -2.36. The van der Waals surface area contributed by atoms with E-state index in [0.717, 1.165) is 6.42 Å². The molecule has 4 rings (SSSR count). The fraction of sp³-hybridized carbons (Fsp3) is 0.241. The molecule has 3 aromatic carbocycles. The number of benzene rings is 3. The second-order valence-electron chi connectivity index (χ2n) is 8.29. The van der Waals surface area contributed by atoms with E-state index in [9.17, 15) is 10.1 Å². The molecule has 1 aliphatic heterocycles. The molecule has 0 unspecified atom stereocenters. The largest absolute Gasteiger partial charge is 0.445 e. The highest BCUT2D eigenvalue weighted by molar-refractivity contribution is 8.01. The number of nitrogens with zero attached hydrogens (tertiary/aromatic N) is 2. The van der Waals surface area contributed by atoms with E-state index >= 15 is 0 Å². The third-order valence-electron chi connectivity index (χ3n) is 6.15. The zero-order valence-electron chi connectivity index (χ0n) is 19.0. The van der Waals surface area contributed by atoms with Crippen molar-refractivity contribution in [2.24, 2.45) is 0 Å². The standard InChI is InChI=1S/C29H28N2O2S/c1-2-20-33-28(32)31-22-27(21-26(31)18-19-30)34-29(23-12-6-3-7-13-23,24-14-8-4-9-15-24)25-16-10-5-11-17-25/h2-17,26-27H,1,18,20-22H2/t26-,27+/m1/s1. The van der Waals surface area contributed by atoms with Gasteiger partial charge in [0.1, 0.15) is 6.61 Å². The number of carbonyl (C=O) groups excluding carboxylic acids is 1. The quantitative estimate of drug-likeness (QED) is 0.284. The average Bonchev–Trinajstić information content (AvgIpc) is 3.30.